The molecule has 0 amide bonds. The van der Waals surface area contributed by atoms with E-state index in [0.29, 0.717) is 4.73 Å². The van der Waals surface area contributed by atoms with Crippen LogP contribution < -0.4 is 5.73 Å². The lowest BCUT2D eigenvalue weighted by atomic mass is 10.1. The van der Waals surface area contributed by atoms with E-state index in [0.717, 1.165) is 16.5 Å². The van der Waals surface area contributed by atoms with Crippen molar-refractivity contribution >= 4 is 32.7 Å². The van der Waals surface area contributed by atoms with E-state index in [9.17, 15) is 0 Å². The molecule has 0 saturated heterocycles. The lowest BCUT2D eigenvalue weighted by Gasteiger charge is -2.05. The van der Waals surface area contributed by atoms with Crippen LogP contribution >= 0.6 is 15.9 Å². The van der Waals surface area contributed by atoms with Crippen molar-refractivity contribution in [3.8, 4) is 5.69 Å². The van der Waals surface area contributed by atoms with Gasteiger partial charge in [0.1, 0.15) is 0 Å². The number of benzene rings is 1. The highest BCUT2D eigenvalue weighted by atomic mass is 79.9. The van der Waals surface area contributed by atoms with Crippen LogP contribution in [0, 0.1) is 0 Å². The predicted octanol–water partition coefficient (Wildman–Crippen LogP) is 2.16. The molecule has 0 radical (unpaired) electrons. The van der Waals surface area contributed by atoms with Gasteiger partial charge in [-0.3, -0.25) is 4.98 Å². The van der Waals surface area contributed by atoms with Gasteiger partial charge in [0.25, 0.3) is 0 Å². The Morgan fingerprint density at radius 1 is 1.18 bits per heavy atom. The molecule has 17 heavy (non-hydrogen) atoms. The smallest absolute Gasteiger partial charge is 0.240 e. The molecular formula is C11H8BrN5. The van der Waals surface area contributed by atoms with E-state index >= 15 is 0 Å². The van der Waals surface area contributed by atoms with Gasteiger partial charge in [-0.25, -0.2) is 4.68 Å². The molecule has 0 atom stereocenters. The Bertz CT molecular complexity index is 686. The van der Waals surface area contributed by atoms with Crippen molar-refractivity contribution in [2.24, 2.45) is 0 Å². The normalized spacial score (nSPS) is 10.9. The van der Waals surface area contributed by atoms with E-state index < -0.39 is 0 Å². The van der Waals surface area contributed by atoms with Crippen molar-refractivity contribution in [1.82, 2.24) is 19.7 Å². The van der Waals surface area contributed by atoms with Crippen molar-refractivity contribution < 1.29 is 0 Å². The molecule has 2 aromatic heterocycles. The number of nitrogens with two attached hydrogens (primary N) is 1. The van der Waals surface area contributed by atoms with Crippen LogP contribution in [0.5, 0.6) is 0 Å². The first-order chi connectivity index (χ1) is 8.25. The highest BCUT2D eigenvalue weighted by molar-refractivity contribution is 9.10. The summed E-state index contributed by atoms with van der Waals surface area (Å²) in [6.07, 6.45) is 3.55. The molecule has 2 N–H and O–H groups in total. The maximum absolute atomic E-state index is 5.57. The number of hydrogen-bond acceptors (Lipinski definition) is 4. The van der Waals surface area contributed by atoms with Gasteiger partial charge in [0.05, 0.1) is 11.9 Å². The van der Waals surface area contributed by atoms with Crippen molar-refractivity contribution in [2.45, 2.75) is 0 Å². The molecule has 0 fully saturated rings. The second-order valence-corrected chi connectivity index (χ2v) is 4.24. The van der Waals surface area contributed by atoms with Crippen LogP contribution in [-0.2, 0) is 0 Å². The highest BCUT2D eigenvalue weighted by Gasteiger charge is 2.10. The summed E-state index contributed by atoms with van der Waals surface area (Å²) in [5, 5.41) is 6.22. The zero-order valence-electron chi connectivity index (χ0n) is 8.71. The first kappa shape index (κ1) is 10.2. The van der Waals surface area contributed by atoms with Crippen LogP contribution in [0.1, 0.15) is 0 Å². The Balaban J connectivity index is 2.34. The Morgan fingerprint density at radius 3 is 2.76 bits per heavy atom. The van der Waals surface area contributed by atoms with Crippen molar-refractivity contribution in [3.63, 3.8) is 0 Å². The summed E-state index contributed by atoms with van der Waals surface area (Å²) in [4.78, 5) is 8.20. The quantitative estimate of drug-likeness (QED) is 0.745. The fourth-order valence-corrected chi connectivity index (χ4v) is 2.18. The van der Waals surface area contributed by atoms with E-state index in [1.54, 1.807) is 10.9 Å². The lowest BCUT2D eigenvalue weighted by Crippen LogP contribution is -1.99. The second-order valence-electron chi connectivity index (χ2n) is 3.53. The van der Waals surface area contributed by atoms with Crippen molar-refractivity contribution in [2.75, 3.05) is 5.73 Å². The lowest BCUT2D eigenvalue weighted by molar-refractivity contribution is 0.861. The zero-order valence-corrected chi connectivity index (χ0v) is 10.3. The molecule has 5 nitrogen and oxygen atoms in total. The van der Waals surface area contributed by atoms with Gasteiger partial charge >= 0.3 is 0 Å². The number of nitrogen functional groups attached to an aromatic ring is 1. The van der Waals surface area contributed by atoms with Gasteiger partial charge in [0, 0.05) is 17.0 Å². The third kappa shape index (κ3) is 1.66. The molecule has 0 spiro atoms. The number of anilines is 1. The van der Waals surface area contributed by atoms with Gasteiger partial charge in [0.2, 0.25) is 10.7 Å². The Morgan fingerprint density at radius 2 is 2.00 bits per heavy atom. The van der Waals surface area contributed by atoms with E-state index in [1.807, 2.05) is 30.5 Å². The topological polar surface area (TPSA) is 69.6 Å². The molecule has 0 bridgehead atoms. The summed E-state index contributed by atoms with van der Waals surface area (Å²) in [7, 11) is 0. The molecular weight excluding hydrogens is 282 g/mol. The minimum atomic E-state index is 0.227. The molecule has 3 rings (SSSR count). The monoisotopic (exact) mass is 289 g/mol. The minimum absolute atomic E-state index is 0.227. The molecule has 0 saturated carbocycles. The van der Waals surface area contributed by atoms with Crippen LogP contribution in [0.4, 0.5) is 5.95 Å². The second kappa shape index (κ2) is 3.81. The highest BCUT2D eigenvalue weighted by Crippen LogP contribution is 2.23. The first-order valence-corrected chi connectivity index (χ1v) is 5.76. The maximum Gasteiger partial charge on any atom is 0.240 e. The predicted molar refractivity (Wildman–Crippen MR) is 68.8 cm³/mol. The fourth-order valence-electron chi connectivity index (χ4n) is 1.73. The number of pyridine rings is 1. The number of fused-ring (bicyclic) bond motifs is 1. The van der Waals surface area contributed by atoms with Crippen LogP contribution in [0.15, 0.2) is 41.4 Å². The van der Waals surface area contributed by atoms with Crippen LogP contribution in [0.3, 0.4) is 0 Å². The largest absolute Gasteiger partial charge is 0.366 e. The van der Waals surface area contributed by atoms with E-state index in [-0.39, 0.29) is 5.95 Å². The van der Waals surface area contributed by atoms with Gasteiger partial charge < -0.3 is 5.73 Å². The number of rotatable bonds is 1. The molecule has 1 aromatic carbocycles. The molecule has 0 aliphatic heterocycles. The average Bonchev–Trinajstić information content (AvgIpc) is 2.68. The van der Waals surface area contributed by atoms with Crippen molar-refractivity contribution in [3.05, 3.63) is 41.4 Å². The summed E-state index contributed by atoms with van der Waals surface area (Å²) in [6, 6.07) is 7.95. The summed E-state index contributed by atoms with van der Waals surface area (Å²) < 4.78 is 2.19. The number of nitrogens with zero attached hydrogens (tertiary/aromatic N) is 4. The zero-order chi connectivity index (χ0) is 11.8. The molecule has 0 aliphatic carbocycles. The minimum Gasteiger partial charge on any atom is -0.366 e. The summed E-state index contributed by atoms with van der Waals surface area (Å²) >= 11 is 3.32. The molecule has 3 aromatic rings. The molecule has 84 valence electrons. The van der Waals surface area contributed by atoms with Gasteiger partial charge in [-0.05, 0) is 15.9 Å². The van der Waals surface area contributed by atoms with Gasteiger partial charge in [-0.1, -0.05) is 24.3 Å². The maximum atomic E-state index is 5.57. The van der Waals surface area contributed by atoms with Crippen LogP contribution in [-0.4, -0.2) is 19.7 Å². The third-order valence-corrected chi connectivity index (χ3v) is 2.97. The number of aromatic nitrogens is 4. The Hall–Kier alpha value is -1.95. The first-order valence-electron chi connectivity index (χ1n) is 4.97. The molecule has 0 aliphatic rings. The van der Waals surface area contributed by atoms with E-state index in [2.05, 4.69) is 31.0 Å². The van der Waals surface area contributed by atoms with E-state index in [1.165, 1.54) is 0 Å². The summed E-state index contributed by atoms with van der Waals surface area (Å²) in [5.41, 5.74) is 6.41. The summed E-state index contributed by atoms with van der Waals surface area (Å²) in [6.45, 7) is 0. The molecule has 0 unspecified atom stereocenters. The van der Waals surface area contributed by atoms with E-state index in [4.69, 9.17) is 5.73 Å². The molecule has 6 heteroatoms. The van der Waals surface area contributed by atoms with Gasteiger partial charge in [-0.15, -0.1) is 5.10 Å². The van der Waals surface area contributed by atoms with Crippen LogP contribution in [0.25, 0.3) is 16.5 Å². The Kier molecular flexibility index (Phi) is 2.29. The molecule has 2 heterocycles. The number of halogens is 1. The standard InChI is InChI=1S/C11H8BrN5/c12-10-15-11(13)16-17(10)9-6-14-5-7-3-1-2-4-8(7)9/h1-6H,(H2,13,16). The Labute approximate surface area is 105 Å². The SMILES string of the molecule is Nc1nc(Br)n(-c2cncc3ccccc23)n1. The van der Waals surface area contributed by atoms with Gasteiger partial charge in [-0.2, -0.15) is 4.98 Å². The number of hydrogen-bond donors (Lipinski definition) is 1. The van der Waals surface area contributed by atoms with Crippen LogP contribution in [0.2, 0.25) is 0 Å². The summed E-state index contributed by atoms with van der Waals surface area (Å²) in [5.74, 6) is 0.227. The fraction of sp³-hybridized carbons (Fsp3) is 0. The van der Waals surface area contributed by atoms with Gasteiger partial charge in [0.15, 0.2) is 0 Å². The average molecular weight is 290 g/mol. The third-order valence-electron chi connectivity index (χ3n) is 2.46. The van der Waals surface area contributed by atoms with Crippen molar-refractivity contribution in [1.29, 1.82) is 0 Å².